The van der Waals surface area contributed by atoms with Crippen LogP contribution in [0.15, 0.2) is 36.4 Å². The highest BCUT2D eigenvalue weighted by molar-refractivity contribution is 6.36. The molecule has 33 heavy (non-hydrogen) atoms. The quantitative estimate of drug-likeness (QED) is 0.490. The number of aliphatic hydroxyl groups is 1. The number of carboxylic acid groups (broad SMARTS) is 2. The van der Waals surface area contributed by atoms with Crippen LogP contribution in [0.2, 0.25) is 20.1 Å². The molecule has 8 nitrogen and oxygen atoms in total. The number of ether oxygens (including phenoxy) is 2. The summed E-state index contributed by atoms with van der Waals surface area (Å²) in [5.74, 6) is -1.76. The predicted molar refractivity (Wildman–Crippen MR) is 127 cm³/mol. The molecule has 2 aromatic carbocycles. The summed E-state index contributed by atoms with van der Waals surface area (Å²) in [4.78, 5) is 20.2. The summed E-state index contributed by atoms with van der Waals surface area (Å²) in [5.41, 5.74) is 0. The van der Waals surface area contributed by atoms with Crippen molar-refractivity contribution in [2.45, 2.75) is 0 Å². The maximum atomic E-state index is 10.2. The second-order valence-corrected chi connectivity index (χ2v) is 8.92. The Morgan fingerprint density at radius 3 is 1.58 bits per heavy atom. The minimum atomic E-state index is -1.30. The first-order valence-electron chi connectivity index (χ1n) is 9.23. The van der Waals surface area contributed by atoms with Gasteiger partial charge < -0.3 is 34.1 Å². The van der Waals surface area contributed by atoms with Crippen LogP contribution < -0.4 is 14.6 Å². The third kappa shape index (κ3) is 16.3. The van der Waals surface area contributed by atoms with E-state index in [1.54, 1.807) is 12.1 Å². The molecule has 0 fully saturated rings. The van der Waals surface area contributed by atoms with Crippen LogP contribution in [0.25, 0.3) is 0 Å². The summed E-state index contributed by atoms with van der Waals surface area (Å²) in [7, 11) is 6.16. The number of carbonyl (C=O) groups excluding carboxylic acids is 1. The van der Waals surface area contributed by atoms with Gasteiger partial charge in [-0.2, -0.15) is 0 Å². The Labute approximate surface area is 212 Å². The summed E-state index contributed by atoms with van der Waals surface area (Å²) in [6, 6.07) is 9.10. The van der Waals surface area contributed by atoms with Crippen LogP contribution in [-0.4, -0.2) is 74.1 Å². The number of benzene rings is 2. The molecule has 0 radical (unpaired) electrons. The summed E-state index contributed by atoms with van der Waals surface area (Å²) < 4.78 is 10.5. The molecule has 0 aliphatic rings. The number of aliphatic carboxylic acids is 2. The Morgan fingerprint density at radius 2 is 1.30 bits per heavy atom. The number of nitrogens with zero attached hydrogens (tertiary/aromatic N) is 1. The molecular formula is C21H25Cl4NO7. The minimum Gasteiger partial charge on any atom is -0.546 e. The Kier molecular flexibility index (Phi) is 14.9. The predicted octanol–water partition coefficient (Wildman–Crippen LogP) is 3.26. The molecule has 0 saturated heterocycles. The maximum Gasteiger partial charge on any atom is 0.341 e. The molecule has 0 bridgehead atoms. The molecule has 0 saturated carbocycles. The van der Waals surface area contributed by atoms with E-state index in [0.717, 1.165) is 11.0 Å². The van der Waals surface area contributed by atoms with E-state index in [0.29, 0.717) is 20.8 Å². The van der Waals surface area contributed by atoms with Crippen LogP contribution in [0.1, 0.15) is 0 Å². The van der Waals surface area contributed by atoms with Crippen LogP contribution in [0, 0.1) is 0 Å². The van der Waals surface area contributed by atoms with Gasteiger partial charge in [0.25, 0.3) is 0 Å². The Hall–Kier alpha value is -1.94. The van der Waals surface area contributed by atoms with Gasteiger partial charge in [0.15, 0.2) is 6.61 Å². The largest absolute Gasteiger partial charge is 0.546 e. The molecule has 0 amide bonds. The van der Waals surface area contributed by atoms with Gasteiger partial charge in [-0.3, -0.25) is 0 Å². The van der Waals surface area contributed by atoms with E-state index in [9.17, 15) is 14.7 Å². The Morgan fingerprint density at radius 1 is 0.879 bits per heavy atom. The van der Waals surface area contributed by atoms with Crippen molar-refractivity contribution in [1.82, 2.24) is 0 Å². The van der Waals surface area contributed by atoms with Crippen molar-refractivity contribution in [3.05, 3.63) is 56.5 Å². The third-order valence-electron chi connectivity index (χ3n) is 3.26. The summed E-state index contributed by atoms with van der Waals surface area (Å²) >= 11 is 22.6. The number of hydrogen-bond acceptors (Lipinski definition) is 6. The van der Waals surface area contributed by atoms with Gasteiger partial charge in [-0.25, -0.2) is 4.79 Å². The summed E-state index contributed by atoms with van der Waals surface area (Å²) in [6.07, 6.45) is 0. The molecule has 0 atom stereocenters. The van der Waals surface area contributed by atoms with Crippen molar-refractivity contribution >= 4 is 58.3 Å². The van der Waals surface area contributed by atoms with Gasteiger partial charge >= 0.3 is 5.97 Å². The smallest absolute Gasteiger partial charge is 0.341 e. The average molecular weight is 545 g/mol. The van der Waals surface area contributed by atoms with E-state index in [1.807, 2.05) is 0 Å². The first kappa shape index (κ1) is 31.1. The van der Waals surface area contributed by atoms with E-state index < -0.39 is 25.2 Å². The third-order valence-corrected chi connectivity index (χ3v) is 4.32. The van der Waals surface area contributed by atoms with E-state index in [4.69, 9.17) is 66.1 Å². The molecular weight excluding hydrogens is 520 g/mol. The molecule has 2 aromatic rings. The average Bonchev–Trinajstić information content (AvgIpc) is 2.66. The second kappa shape index (κ2) is 15.8. The van der Waals surface area contributed by atoms with Gasteiger partial charge in [-0.15, -0.1) is 0 Å². The SMILES string of the molecule is C[N+](C)(C)CCO.O=C(O)COc1ccc(Cl)cc1Cl.O=C([O-])COc1ccc(Cl)cc1Cl. The summed E-state index contributed by atoms with van der Waals surface area (Å²) in [5, 5.41) is 28.3. The number of quaternary nitrogens is 1. The van der Waals surface area contributed by atoms with Gasteiger partial charge in [-0.05, 0) is 36.4 Å². The van der Waals surface area contributed by atoms with E-state index in [-0.39, 0.29) is 17.4 Å². The lowest BCUT2D eigenvalue weighted by molar-refractivity contribution is -0.870. The molecule has 184 valence electrons. The van der Waals surface area contributed by atoms with E-state index in [2.05, 4.69) is 21.1 Å². The highest BCUT2D eigenvalue weighted by atomic mass is 35.5. The maximum absolute atomic E-state index is 10.2. The normalized spacial score (nSPS) is 10.2. The Bertz CT molecular complexity index is 839. The number of carbonyl (C=O) groups is 2. The highest BCUT2D eigenvalue weighted by Crippen LogP contribution is 2.28. The highest BCUT2D eigenvalue weighted by Gasteiger charge is 2.04. The molecule has 0 aromatic heterocycles. The lowest BCUT2D eigenvalue weighted by atomic mass is 10.3. The zero-order valence-corrected chi connectivity index (χ0v) is 21.2. The minimum absolute atomic E-state index is 0.272. The molecule has 2 rings (SSSR count). The van der Waals surface area contributed by atoms with Gasteiger partial charge in [0.1, 0.15) is 24.7 Å². The molecule has 0 aliphatic carbocycles. The fraction of sp³-hybridized carbons (Fsp3) is 0.333. The van der Waals surface area contributed by atoms with Crippen molar-refractivity contribution < 1.29 is 38.9 Å². The lowest BCUT2D eigenvalue weighted by Gasteiger charge is -2.21. The van der Waals surface area contributed by atoms with Gasteiger partial charge in [0.2, 0.25) is 0 Å². The summed E-state index contributed by atoms with van der Waals surface area (Å²) in [6.45, 7) is 0.173. The first-order chi connectivity index (χ1) is 15.2. The number of rotatable bonds is 8. The van der Waals surface area contributed by atoms with Crippen LogP contribution in [-0.2, 0) is 9.59 Å². The second-order valence-electron chi connectivity index (χ2n) is 7.23. The topological polar surface area (TPSA) is 116 Å². The van der Waals surface area contributed by atoms with Crippen molar-refractivity contribution in [2.24, 2.45) is 0 Å². The molecule has 0 spiro atoms. The van der Waals surface area contributed by atoms with E-state index in [1.165, 1.54) is 24.3 Å². The number of hydrogen-bond donors (Lipinski definition) is 2. The van der Waals surface area contributed by atoms with Crippen LogP contribution >= 0.6 is 46.4 Å². The van der Waals surface area contributed by atoms with Gasteiger partial charge in [-0.1, -0.05) is 46.4 Å². The number of likely N-dealkylation sites (N-methyl/N-ethyl adjacent to an activating group) is 1. The van der Waals surface area contributed by atoms with Crippen LogP contribution in [0.4, 0.5) is 0 Å². The van der Waals surface area contributed by atoms with Gasteiger partial charge in [0, 0.05) is 10.0 Å². The Balaban J connectivity index is 0.000000490. The molecule has 0 unspecified atom stereocenters. The number of carboxylic acids is 2. The van der Waals surface area contributed by atoms with Crippen molar-refractivity contribution in [2.75, 3.05) is 47.5 Å². The fourth-order valence-electron chi connectivity index (χ4n) is 1.76. The molecule has 0 aliphatic heterocycles. The van der Waals surface area contributed by atoms with Crippen molar-refractivity contribution in [1.29, 1.82) is 0 Å². The number of aliphatic hydroxyl groups excluding tert-OH is 1. The first-order valence-corrected chi connectivity index (χ1v) is 10.7. The standard InChI is InChI=1S/2C8H6Cl2O3.C5H14NO/c2*9-5-1-2-7(6(10)3-5)13-4-8(11)12;1-6(2,3)4-5-7/h2*1-3H,4H2,(H,11,12);7H,4-5H2,1-3H3/q;;+1/p-1. The number of halogens is 4. The molecule has 0 heterocycles. The van der Waals surface area contributed by atoms with Crippen LogP contribution in [0.3, 0.4) is 0 Å². The van der Waals surface area contributed by atoms with Crippen LogP contribution in [0.5, 0.6) is 11.5 Å². The van der Waals surface area contributed by atoms with Crippen molar-refractivity contribution in [3.8, 4) is 11.5 Å². The van der Waals surface area contributed by atoms with Crippen molar-refractivity contribution in [3.63, 3.8) is 0 Å². The zero-order valence-electron chi connectivity index (χ0n) is 18.2. The monoisotopic (exact) mass is 543 g/mol. The molecule has 12 heteroatoms. The van der Waals surface area contributed by atoms with E-state index >= 15 is 0 Å². The zero-order chi connectivity index (χ0) is 25.6. The van der Waals surface area contributed by atoms with Gasteiger partial charge in [0.05, 0.1) is 43.8 Å². The fourth-order valence-corrected chi connectivity index (χ4v) is 2.69. The lowest BCUT2D eigenvalue weighted by Crippen LogP contribution is -2.36. The molecule has 2 N–H and O–H groups in total.